The topological polar surface area (TPSA) is 271 Å². The first-order chi connectivity index (χ1) is 70.3. The Kier molecular flexibility index (Phi) is 30.2. The number of hydrogen-bond acceptors (Lipinski definition) is 10. The number of carbonyl (C=O) groups is 10. The number of rotatable bonds is 19. The normalized spacial score (nSPS) is 29.1. The van der Waals surface area contributed by atoms with Gasteiger partial charge in [-0.3, -0.25) is 47.9 Å². The van der Waals surface area contributed by atoms with Gasteiger partial charge in [-0.2, -0.15) is 0 Å². The van der Waals surface area contributed by atoms with Gasteiger partial charge in [-0.1, -0.05) is 264 Å². The molecule has 9 aromatic rings. The molecule has 3 spiro atoms. The van der Waals surface area contributed by atoms with Crippen LogP contribution in [0.3, 0.4) is 0 Å². The van der Waals surface area contributed by atoms with Crippen molar-refractivity contribution in [3.05, 3.63) is 316 Å². The van der Waals surface area contributed by atoms with Gasteiger partial charge in [0.25, 0.3) is 0 Å². The van der Waals surface area contributed by atoms with Crippen LogP contribution in [-0.4, -0.2) is 75.6 Å². The first-order valence-electron chi connectivity index (χ1n) is 52.7. The highest BCUT2D eigenvalue weighted by Crippen LogP contribution is 2.76. The lowest BCUT2D eigenvalue weighted by Crippen LogP contribution is -2.46. The highest BCUT2D eigenvalue weighted by molar-refractivity contribution is 6.36. The summed E-state index contributed by atoms with van der Waals surface area (Å²) in [5.41, 5.74) is 18.4. The number of allylic oxidation sites excluding steroid dienone is 2. The van der Waals surface area contributed by atoms with E-state index in [1.807, 2.05) is 56.3 Å². The molecule has 0 aromatic heterocycles. The summed E-state index contributed by atoms with van der Waals surface area (Å²) < 4.78 is 0. The molecule has 25 heteroatoms. The quantitative estimate of drug-likeness (QED) is 0.0398. The molecule has 13 aliphatic carbocycles. The van der Waals surface area contributed by atoms with E-state index in [0.717, 1.165) is 166 Å². The van der Waals surface area contributed by atoms with Crippen LogP contribution in [0.15, 0.2) is 170 Å². The van der Waals surface area contributed by atoms with Gasteiger partial charge in [0.15, 0.2) is 0 Å². The van der Waals surface area contributed by atoms with E-state index in [9.17, 15) is 58.2 Å². The third-order valence-electron chi connectivity index (χ3n) is 37.0. The molecule has 9 aromatic carbocycles. The van der Waals surface area contributed by atoms with Crippen molar-refractivity contribution in [2.24, 2.45) is 60.1 Å². The van der Waals surface area contributed by atoms with Crippen LogP contribution in [-0.2, 0) is 74.1 Å². The van der Waals surface area contributed by atoms with Crippen molar-refractivity contribution < 1.29 is 58.2 Å². The SMILES string of the molecule is Cc1cccc2c1[C@H](C(=O)NCC(C)C)[C@@]13CC(=O)[C@@](C)(CC=C21)C3.Cc1cccc2c1[C@H](C(=O)NCc1cc(Cl)cc(Cl)c1)[C@@]13CC(=O)[C@@](C)(CC[C@@H]21)C3.Cc1cccc2c1[C@H](C(=O)NCc1cc(Cl)cc(Cl)c1)[C@]1(CC(=O)O)CC(C)(C)CC[C@@H]21.Cc1cccc2c1[C@H](C(=O)NCc1ccc(Cl)cc1Cl)[C@@]13CC(=O)[C@@](C)(CC[C@@H]21)C3.Cc1cccc2c1[C@H](C(=O)NCc1ccc(Cl)cc1Cl)[C@]1(CC(=O)O)CC(C)(C)CC[C@@H]21. The van der Waals surface area contributed by atoms with Crippen LogP contribution in [0.5, 0.6) is 0 Å². The van der Waals surface area contributed by atoms with E-state index < -0.39 is 34.6 Å². The van der Waals surface area contributed by atoms with Crippen LogP contribution in [0.1, 0.15) is 343 Å². The molecule has 13 aliphatic rings. The van der Waals surface area contributed by atoms with E-state index in [0.29, 0.717) is 115 Å². The number of carboxylic acids is 2. The lowest BCUT2D eigenvalue weighted by molar-refractivity contribution is -0.145. The van der Waals surface area contributed by atoms with Crippen molar-refractivity contribution in [1.29, 1.82) is 0 Å². The molecular formula is C124H135Cl8N5O12. The molecule has 7 N–H and O–H groups in total. The molecule has 7 saturated carbocycles. The largest absolute Gasteiger partial charge is 0.481 e. The zero-order valence-electron chi connectivity index (χ0n) is 87.4. The van der Waals surface area contributed by atoms with Gasteiger partial charge < -0.3 is 36.8 Å². The number of hydrogen-bond donors (Lipinski definition) is 7. The summed E-state index contributed by atoms with van der Waals surface area (Å²) in [5, 5.41) is 39.7. The van der Waals surface area contributed by atoms with Crippen LogP contribution >= 0.6 is 92.8 Å². The minimum Gasteiger partial charge on any atom is -0.481 e. The summed E-state index contributed by atoms with van der Waals surface area (Å²) in [6.07, 6.45) is 15.9. The predicted octanol–water partition coefficient (Wildman–Crippen LogP) is 28.8. The van der Waals surface area contributed by atoms with Gasteiger partial charge >= 0.3 is 11.9 Å². The number of amides is 5. The van der Waals surface area contributed by atoms with Crippen LogP contribution < -0.4 is 26.6 Å². The first-order valence-corrected chi connectivity index (χ1v) is 55.7. The highest BCUT2D eigenvalue weighted by Gasteiger charge is 2.71. The standard InChI is InChI=1S/2C26H29Cl2NO3.2C25H25Cl2NO2.C22H27NO2/c1-15-5-4-6-19-20-7-8-25(2,3)14-26(20,12-21(30)31)23(22(15)19)24(32)29-13-16-9-17(27)11-18(28)10-16;1-15-5-4-6-18-19-9-10-25(2,3)14-26(19,12-21(30)31)23(22(15)18)24(32)29-13-16-7-8-17(27)11-20(16)28;1-14-4-3-5-18-19-6-7-24(2)13-25(19,11-20(24)29)22(21(14)18)23(30)28-12-15-8-16(26)10-17(27)9-15;1-14-4-3-5-17-18-8-9-24(2)13-25(18,11-20(24)29)22(21(14)17)23(30)28-12-15-6-7-16(26)10-19(15)27;1-13(2)11-23-20(25)19-18-14(3)6-5-7-15(18)16-8-9-21(4)12-22(16,19)10-17(21)24/h4-6,9-11,20,23H,7-8,12-14H2,1-3H3,(H,29,32)(H,30,31);4-8,11,19,23H,9-10,12-14H2,1-3H3,(H,29,32)(H,30,31);3-5,8-10,19,22H,6-7,11-13H2,1-2H3,(H,28,30);3-7,10,18,22H,8-9,11-13H2,1-2H3,(H,28,30);5-8,13,19H,9-12H2,1-4H3,(H,23,25)/t20-,23+,26+;19-,23+,26+;19-,22+,24-,25+;18-,22+,24-,25+;19-,21+,22-/m00001/s1. The van der Waals surface area contributed by atoms with Crippen LogP contribution in [0.4, 0.5) is 0 Å². The number of carboxylic acid groups (broad SMARTS) is 2. The summed E-state index contributed by atoms with van der Waals surface area (Å²) in [6, 6.07) is 52.3. The van der Waals surface area contributed by atoms with E-state index in [1.54, 1.807) is 54.6 Å². The molecule has 0 unspecified atom stereocenters. The van der Waals surface area contributed by atoms with E-state index in [4.69, 9.17) is 92.8 Å². The van der Waals surface area contributed by atoms with Gasteiger partial charge in [0.2, 0.25) is 29.5 Å². The Balaban J connectivity index is 0.000000122. The number of Topliss-reactive ketones (excluding diaryl/α,β-unsaturated/α-hetero) is 3. The summed E-state index contributed by atoms with van der Waals surface area (Å²) in [6.45, 7) is 31.5. The molecule has 0 radical (unpaired) electrons. The van der Waals surface area contributed by atoms with Gasteiger partial charge in [-0.15, -0.1) is 0 Å². The molecule has 0 heterocycles. The van der Waals surface area contributed by atoms with E-state index >= 15 is 0 Å². The Morgan fingerprint density at radius 1 is 0.356 bits per heavy atom. The Hall–Kier alpha value is -9.66. The average molecular weight is 2170 g/mol. The zero-order valence-corrected chi connectivity index (χ0v) is 93.5. The summed E-state index contributed by atoms with van der Waals surface area (Å²) in [4.78, 5) is 131. The van der Waals surface area contributed by atoms with Gasteiger partial charge in [0.05, 0.1) is 42.4 Å². The van der Waals surface area contributed by atoms with Crippen molar-refractivity contribution in [1.82, 2.24) is 26.6 Å². The van der Waals surface area contributed by atoms with Crippen molar-refractivity contribution in [2.75, 3.05) is 6.54 Å². The highest BCUT2D eigenvalue weighted by atomic mass is 35.5. The van der Waals surface area contributed by atoms with Crippen LogP contribution in [0.25, 0.3) is 5.57 Å². The average Bonchev–Trinajstić information content (AvgIpc) is 1.53. The molecule has 17 nitrogen and oxygen atoms in total. The number of nitrogens with one attached hydrogen (secondary N) is 5. The molecule has 5 amide bonds. The first kappa shape index (κ1) is 109. The van der Waals surface area contributed by atoms with Crippen LogP contribution in [0.2, 0.25) is 40.2 Å². The Labute approximate surface area is 915 Å². The fourth-order valence-electron chi connectivity index (χ4n) is 31.1. The Morgan fingerprint density at radius 2 is 0.698 bits per heavy atom. The molecule has 0 aliphatic heterocycles. The van der Waals surface area contributed by atoms with Gasteiger partial charge in [0, 0.05) is 135 Å². The minimum atomic E-state index is -0.850. The summed E-state index contributed by atoms with van der Waals surface area (Å²) >= 11 is 49.1. The molecule has 149 heavy (non-hydrogen) atoms. The molecular weight excluding hydrogens is 2040 g/mol. The third-order valence-corrected chi connectivity index (χ3v) is 39.1. The Bertz CT molecular complexity index is 6990. The maximum Gasteiger partial charge on any atom is 0.303 e. The van der Waals surface area contributed by atoms with E-state index in [2.05, 4.69) is 182 Å². The lowest BCUT2D eigenvalue weighted by Gasteiger charge is -2.49. The second kappa shape index (κ2) is 41.3. The molecule has 17 atom stereocenters. The smallest absolute Gasteiger partial charge is 0.303 e. The van der Waals surface area contributed by atoms with Crippen LogP contribution in [0, 0.1) is 94.7 Å². The lowest BCUT2D eigenvalue weighted by atomic mass is 9.54. The van der Waals surface area contributed by atoms with Crippen molar-refractivity contribution in [3.8, 4) is 0 Å². The van der Waals surface area contributed by atoms with E-state index in [1.165, 1.54) is 22.3 Å². The number of carbonyl (C=O) groups excluding carboxylic acids is 8. The van der Waals surface area contributed by atoms with Gasteiger partial charge in [-0.25, -0.2) is 0 Å². The second-order valence-electron chi connectivity index (χ2n) is 48.7. The second-order valence-corrected chi connectivity index (χ2v) is 52.1. The maximum atomic E-state index is 13.8. The van der Waals surface area contributed by atoms with Crippen molar-refractivity contribution >= 4 is 157 Å². The summed E-state index contributed by atoms with van der Waals surface area (Å²) in [5.74, 6) is -1.62. The maximum absolute atomic E-state index is 13.8. The van der Waals surface area contributed by atoms with Gasteiger partial charge in [0.1, 0.15) is 17.3 Å². The third kappa shape index (κ3) is 20.0. The minimum absolute atomic E-state index is 0.00184. The number of ketones is 3. The molecule has 7 fully saturated rings. The summed E-state index contributed by atoms with van der Waals surface area (Å²) in [7, 11) is 0. The fraction of sp³-hybridized carbons (Fsp3) is 0.468. The number of benzene rings is 9. The Morgan fingerprint density at radius 3 is 1.08 bits per heavy atom. The predicted molar refractivity (Wildman–Crippen MR) is 592 cm³/mol. The number of aryl methyl sites for hydroxylation is 5. The number of aliphatic carboxylic acids is 2. The van der Waals surface area contributed by atoms with Gasteiger partial charge in [-0.05, 0) is 337 Å². The zero-order chi connectivity index (χ0) is 107. The van der Waals surface area contributed by atoms with Crippen molar-refractivity contribution in [3.63, 3.8) is 0 Å². The monoisotopic (exact) mass is 2170 g/mol. The number of halogens is 8. The van der Waals surface area contributed by atoms with E-state index in [-0.39, 0.29) is 140 Å². The molecule has 784 valence electrons. The molecule has 6 bridgehead atoms. The fourth-order valence-corrected chi connectivity index (χ4v) is 33.2. The number of fused-ring (bicyclic) bond motifs is 15. The molecule has 0 saturated heterocycles. The molecule has 22 rings (SSSR count). The van der Waals surface area contributed by atoms with Crippen molar-refractivity contribution in [2.45, 2.75) is 298 Å².